The average Bonchev–Trinajstić information content (AvgIpc) is 2.88. The lowest BCUT2D eigenvalue weighted by Crippen LogP contribution is -2.39. The van der Waals surface area contributed by atoms with Crippen molar-refractivity contribution in [1.29, 1.82) is 0 Å². The minimum absolute atomic E-state index is 0.298. The quantitative estimate of drug-likeness (QED) is 0.794. The summed E-state index contributed by atoms with van der Waals surface area (Å²) in [4.78, 5) is 30.1. The Bertz CT molecular complexity index is 939. The van der Waals surface area contributed by atoms with Crippen LogP contribution in [0, 0.1) is 13.8 Å². The highest BCUT2D eigenvalue weighted by Crippen LogP contribution is 2.33. The van der Waals surface area contributed by atoms with Gasteiger partial charge in [-0.25, -0.2) is 4.98 Å². The van der Waals surface area contributed by atoms with E-state index in [2.05, 4.69) is 9.55 Å². The van der Waals surface area contributed by atoms with Crippen molar-refractivity contribution in [3.8, 4) is 0 Å². The number of carbonyl (C=O) groups excluding carboxylic acids is 1. The third-order valence-electron chi connectivity index (χ3n) is 5.61. The van der Waals surface area contributed by atoms with Crippen molar-refractivity contribution in [3.05, 3.63) is 27.9 Å². The number of hydrogen-bond acceptors (Lipinski definition) is 3. The Hall–Kier alpha value is -2.32. The molecular weight excluding hydrogens is 373 g/mol. The highest BCUT2D eigenvalue weighted by atomic mass is 19.4. The van der Waals surface area contributed by atoms with Crippen molar-refractivity contribution in [2.75, 3.05) is 13.6 Å². The summed E-state index contributed by atoms with van der Waals surface area (Å²) >= 11 is 0. The van der Waals surface area contributed by atoms with Crippen LogP contribution in [0.15, 0.2) is 11.1 Å². The van der Waals surface area contributed by atoms with E-state index in [1.54, 1.807) is 0 Å². The maximum atomic E-state index is 13.0. The molecule has 0 radical (unpaired) electrons. The second-order valence-corrected chi connectivity index (χ2v) is 7.61. The number of halogens is 3. The summed E-state index contributed by atoms with van der Waals surface area (Å²) in [5.41, 5.74) is 1.99. The van der Waals surface area contributed by atoms with Crippen molar-refractivity contribution >= 4 is 16.9 Å². The molecule has 0 atom stereocenters. The molecule has 1 aliphatic carbocycles. The lowest BCUT2D eigenvalue weighted by Gasteiger charge is -2.25. The predicted molar refractivity (Wildman–Crippen MR) is 99.3 cm³/mol. The van der Waals surface area contributed by atoms with Crippen molar-refractivity contribution in [2.45, 2.75) is 64.7 Å². The molecule has 154 valence electrons. The van der Waals surface area contributed by atoms with E-state index in [1.165, 1.54) is 12.7 Å². The second kappa shape index (κ2) is 7.60. The first-order valence-corrected chi connectivity index (χ1v) is 9.47. The van der Waals surface area contributed by atoms with Gasteiger partial charge < -0.3 is 9.47 Å². The van der Waals surface area contributed by atoms with E-state index in [0.717, 1.165) is 48.6 Å². The fourth-order valence-electron chi connectivity index (χ4n) is 4.03. The van der Waals surface area contributed by atoms with Crippen LogP contribution in [-0.2, 0) is 11.3 Å². The SMILES string of the molecule is Cc1c(C)n(C2CCCCC2)c2ncn(CC(=O)N(C)CC(F)(F)F)c(=O)c12. The van der Waals surface area contributed by atoms with Crippen LogP contribution in [0.4, 0.5) is 13.2 Å². The lowest BCUT2D eigenvalue weighted by molar-refractivity contribution is -0.158. The molecule has 1 amide bonds. The van der Waals surface area contributed by atoms with Gasteiger partial charge in [-0.3, -0.25) is 14.2 Å². The van der Waals surface area contributed by atoms with Gasteiger partial charge in [-0.1, -0.05) is 19.3 Å². The molecule has 0 aromatic carbocycles. The van der Waals surface area contributed by atoms with Crippen LogP contribution in [0.1, 0.15) is 49.4 Å². The Labute approximate surface area is 160 Å². The second-order valence-electron chi connectivity index (χ2n) is 7.61. The van der Waals surface area contributed by atoms with E-state index >= 15 is 0 Å². The number of likely N-dealkylation sites (N-methyl/N-ethyl adjacent to an activating group) is 1. The lowest BCUT2D eigenvalue weighted by atomic mass is 9.95. The number of aromatic nitrogens is 3. The number of carbonyl (C=O) groups is 1. The molecule has 0 bridgehead atoms. The summed E-state index contributed by atoms with van der Waals surface area (Å²) in [6.45, 7) is 1.98. The van der Waals surface area contributed by atoms with Crippen LogP contribution in [0.3, 0.4) is 0 Å². The van der Waals surface area contributed by atoms with E-state index in [1.807, 2.05) is 13.8 Å². The van der Waals surface area contributed by atoms with Gasteiger partial charge in [0.25, 0.3) is 5.56 Å². The molecule has 6 nitrogen and oxygen atoms in total. The number of fused-ring (bicyclic) bond motifs is 1. The molecule has 0 spiro atoms. The first kappa shape index (κ1) is 20.4. The predicted octanol–water partition coefficient (Wildman–Crippen LogP) is 3.34. The van der Waals surface area contributed by atoms with Crippen molar-refractivity contribution in [3.63, 3.8) is 0 Å². The van der Waals surface area contributed by atoms with Gasteiger partial charge in [0.2, 0.25) is 5.91 Å². The smallest absolute Gasteiger partial charge is 0.335 e. The van der Waals surface area contributed by atoms with Gasteiger partial charge in [0.1, 0.15) is 25.1 Å². The van der Waals surface area contributed by atoms with Crippen molar-refractivity contribution in [2.24, 2.45) is 0 Å². The average molecular weight is 398 g/mol. The number of hydrogen-bond donors (Lipinski definition) is 0. The molecule has 2 aromatic heterocycles. The van der Waals surface area contributed by atoms with E-state index in [9.17, 15) is 22.8 Å². The van der Waals surface area contributed by atoms with Gasteiger partial charge in [-0.15, -0.1) is 0 Å². The molecule has 0 N–H and O–H groups in total. The highest BCUT2D eigenvalue weighted by Gasteiger charge is 2.31. The van der Waals surface area contributed by atoms with Crippen LogP contribution < -0.4 is 5.56 Å². The monoisotopic (exact) mass is 398 g/mol. The maximum Gasteiger partial charge on any atom is 0.406 e. The Kier molecular flexibility index (Phi) is 5.54. The van der Waals surface area contributed by atoms with Crippen LogP contribution in [-0.4, -0.2) is 44.7 Å². The number of nitrogens with zero attached hydrogens (tertiary/aromatic N) is 4. The largest absolute Gasteiger partial charge is 0.406 e. The first-order chi connectivity index (χ1) is 13.1. The van der Waals surface area contributed by atoms with Crippen molar-refractivity contribution < 1.29 is 18.0 Å². The summed E-state index contributed by atoms with van der Waals surface area (Å²) in [6, 6.07) is 0.298. The zero-order valence-electron chi connectivity index (χ0n) is 16.3. The molecule has 1 saturated carbocycles. The van der Waals surface area contributed by atoms with Gasteiger partial charge in [0.05, 0.1) is 5.39 Å². The molecule has 9 heteroatoms. The number of alkyl halides is 3. The van der Waals surface area contributed by atoms with Crippen LogP contribution in [0.2, 0.25) is 0 Å². The fraction of sp³-hybridized carbons (Fsp3) is 0.632. The third-order valence-corrected chi connectivity index (χ3v) is 5.61. The molecule has 28 heavy (non-hydrogen) atoms. The summed E-state index contributed by atoms with van der Waals surface area (Å²) in [7, 11) is 1.07. The molecule has 3 rings (SSSR count). The van der Waals surface area contributed by atoms with Gasteiger partial charge in [-0.05, 0) is 32.3 Å². The molecule has 0 aliphatic heterocycles. The molecular formula is C19H25F3N4O2. The van der Waals surface area contributed by atoms with E-state index in [0.29, 0.717) is 22.0 Å². The highest BCUT2D eigenvalue weighted by molar-refractivity contribution is 5.82. The number of aryl methyl sites for hydroxylation is 1. The third kappa shape index (κ3) is 3.93. The first-order valence-electron chi connectivity index (χ1n) is 9.47. The fourth-order valence-corrected chi connectivity index (χ4v) is 4.03. The molecule has 2 heterocycles. The van der Waals surface area contributed by atoms with Crippen LogP contribution in [0.5, 0.6) is 0 Å². The van der Waals surface area contributed by atoms with Crippen LogP contribution in [0.25, 0.3) is 11.0 Å². The number of amides is 1. The van der Waals surface area contributed by atoms with E-state index in [4.69, 9.17) is 0 Å². The van der Waals surface area contributed by atoms with Crippen LogP contribution >= 0.6 is 0 Å². The standard InChI is InChI=1S/C19H25F3N4O2/c1-12-13(2)26(14-7-5-4-6-8-14)17-16(12)18(28)25(11-23-17)9-15(27)24(3)10-19(20,21)22/h11,14H,4-10H2,1-3H3. The number of rotatable bonds is 4. The zero-order chi connectivity index (χ0) is 20.6. The van der Waals surface area contributed by atoms with Crippen molar-refractivity contribution in [1.82, 2.24) is 19.0 Å². The minimum atomic E-state index is -4.48. The summed E-state index contributed by atoms with van der Waals surface area (Å²) < 4.78 is 40.7. The van der Waals surface area contributed by atoms with Gasteiger partial charge in [0.15, 0.2) is 0 Å². The molecule has 1 aliphatic rings. The van der Waals surface area contributed by atoms with E-state index in [-0.39, 0.29) is 0 Å². The normalized spacial score (nSPS) is 15.9. The Morgan fingerprint density at radius 1 is 1.25 bits per heavy atom. The Balaban J connectivity index is 1.95. The Morgan fingerprint density at radius 2 is 1.89 bits per heavy atom. The molecule has 2 aromatic rings. The summed E-state index contributed by atoms with van der Waals surface area (Å²) in [6.07, 6.45) is 2.34. The zero-order valence-corrected chi connectivity index (χ0v) is 16.3. The summed E-state index contributed by atoms with van der Waals surface area (Å²) in [5.74, 6) is -0.790. The molecule has 1 fully saturated rings. The Morgan fingerprint density at radius 3 is 2.50 bits per heavy atom. The molecule has 0 unspecified atom stereocenters. The molecule has 0 saturated heterocycles. The maximum absolute atomic E-state index is 13.0. The van der Waals surface area contributed by atoms with E-state index < -0.39 is 30.7 Å². The van der Waals surface area contributed by atoms with Gasteiger partial charge in [0, 0.05) is 18.8 Å². The summed E-state index contributed by atoms with van der Waals surface area (Å²) in [5, 5.41) is 0.442. The topological polar surface area (TPSA) is 60.1 Å². The minimum Gasteiger partial charge on any atom is -0.335 e. The van der Waals surface area contributed by atoms with Gasteiger partial charge in [-0.2, -0.15) is 13.2 Å². The van der Waals surface area contributed by atoms with Gasteiger partial charge >= 0.3 is 6.18 Å².